The second kappa shape index (κ2) is 16.1. The van der Waals surface area contributed by atoms with Gasteiger partial charge >= 0.3 is 5.97 Å². The number of aliphatic carboxylic acids is 1. The first-order valence-electron chi connectivity index (χ1n) is 12.4. The van der Waals surface area contributed by atoms with Crippen LogP contribution in [0, 0.1) is 5.92 Å². The van der Waals surface area contributed by atoms with Crippen molar-refractivity contribution in [3.05, 3.63) is 0 Å². The van der Waals surface area contributed by atoms with Crippen molar-refractivity contribution >= 4 is 47.3 Å². The molecule has 1 heterocycles. The van der Waals surface area contributed by atoms with Crippen molar-refractivity contribution in [1.29, 1.82) is 0 Å². The molecule has 38 heavy (non-hydrogen) atoms. The first-order chi connectivity index (χ1) is 17.8. The normalized spacial score (nSPS) is 19.4. The van der Waals surface area contributed by atoms with E-state index >= 15 is 0 Å². The van der Waals surface area contributed by atoms with Crippen LogP contribution in [0.4, 0.5) is 0 Å². The zero-order valence-electron chi connectivity index (χ0n) is 22.0. The fourth-order valence-electron chi connectivity index (χ4n) is 3.97. The van der Waals surface area contributed by atoms with Crippen LogP contribution in [0.3, 0.4) is 0 Å². The molecule has 0 radical (unpaired) electrons. The molecule has 9 N–H and O–H groups in total. The van der Waals surface area contributed by atoms with E-state index in [4.69, 9.17) is 11.5 Å². The molecule has 0 aromatic rings. The summed E-state index contributed by atoms with van der Waals surface area (Å²) in [5.41, 5.74) is 11.0. The third kappa shape index (κ3) is 11.2. The Morgan fingerprint density at radius 1 is 1.05 bits per heavy atom. The number of carbonyl (C=O) groups excluding carboxylic acids is 5. The summed E-state index contributed by atoms with van der Waals surface area (Å²) < 4.78 is 0. The third-order valence-corrected chi connectivity index (χ3v) is 6.53. The van der Waals surface area contributed by atoms with E-state index in [1.54, 1.807) is 6.26 Å². The molecule has 15 heteroatoms. The van der Waals surface area contributed by atoms with E-state index < -0.39 is 72.3 Å². The van der Waals surface area contributed by atoms with Crippen molar-refractivity contribution < 1.29 is 39.0 Å². The van der Waals surface area contributed by atoms with Crippen LogP contribution < -0.4 is 27.4 Å². The van der Waals surface area contributed by atoms with E-state index in [-0.39, 0.29) is 38.1 Å². The molecule has 14 nitrogen and oxygen atoms in total. The molecule has 1 rings (SSSR count). The van der Waals surface area contributed by atoms with Crippen LogP contribution >= 0.6 is 11.8 Å². The van der Waals surface area contributed by atoms with Gasteiger partial charge in [-0.1, -0.05) is 13.8 Å². The fourth-order valence-corrected chi connectivity index (χ4v) is 4.44. The molecule has 1 aliphatic rings. The molecule has 1 unspecified atom stereocenters. The van der Waals surface area contributed by atoms with E-state index in [0.717, 1.165) is 4.90 Å². The molecule has 0 aromatic carbocycles. The Hall–Kier alpha value is -2.91. The molecule has 0 saturated carbocycles. The van der Waals surface area contributed by atoms with E-state index in [1.165, 1.54) is 11.8 Å². The van der Waals surface area contributed by atoms with Crippen LogP contribution in [-0.2, 0) is 28.8 Å². The van der Waals surface area contributed by atoms with Gasteiger partial charge in [-0.2, -0.15) is 11.8 Å². The molecular weight excluding hydrogens is 520 g/mol. The van der Waals surface area contributed by atoms with Gasteiger partial charge in [0.2, 0.25) is 29.5 Å². The Kier molecular flexibility index (Phi) is 14.1. The lowest BCUT2D eigenvalue weighted by Gasteiger charge is -2.27. The van der Waals surface area contributed by atoms with Crippen LogP contribution in [0.25, 0.3) is 0 Å². The van der Waals surface area contributed by atoms with Gasteiger partial charge in [-0.3, -0.25) is 24.0 Å². The van der Waals surface area contributed by atoms with Crippen molar-refractivity contribution in [2.45, 2.75) is 76.2 Å². The number of primary amides is 1. The summed E-state index contributed by atoms with van der Waals surface area (Å²) >= 11 is 1.42. The molecule has 1 saturated heterocycles. The molecule has 5 amide bonds. The second-order valence-corrected chi connectivity index (χ2v) is 10.6. The summed E-state index contributed by atoms with van der Waals surface area (Å²) in [6.07, 6.45) is 0.978. The van der Waals surface area contributed by atoms with Gasteiger partial charge in [0.25, 0.3) is 0 Å². The Labute approximate surface area is 226 Å². The smallest absolute Gasteiger partial charge is 0.326 e. The molecule has 1 fully saturated rings. The minimum absolute atomic E-state index is 0.106. The topological polar surface area (TPSA) is 234 Å². The number of hydrogen-bond donors (Lipinski definition) is 7. The largest absolute Gasteiger partial charge is 0.480 e. The zero-order valence-corrected chi connectivity index (χ0v) is 22.8. The number of nitrogens with two attached hydrogens (primary N) is 2. The Morgan fingerprint density at radius 3 is 2.26 bits per heavy atom. The number of β-amino-alcohol motifs (C(OH)–C–C–N with tert-alkyl or cyclic N) is 1. The third-order valence-electron chi connectivity index (χ3n) is 5.89. The van der Waals surface area contributed by atoms with Crippen molar-refractivity contribution in [3.63, 3.8) is 0 Å². The number of aliphatic hydroxyl groups excluding tert-OH is 1. The maximum Gasteiger partial charge on any atom is 0.326 e. The zero-order chi connectivity index (χ0) is 29.0. The number of nitrogens with one attached hydrogen (secondary N) is 3. The number of aliphatic hydroxyl groups is 1. The van der Waals surface area contributed by atoms with Crippen LogP contribution in [0.5, 0.6) is 0 Å². The molecular formula is C23H40N6O8S. The summed E-state index contributed by atoms with van der Waals surface area (Å²) in [5.74, 6) is -4.02. The van der Waals surface area contributed by atoms with Crippen LogP contribution in [0.1, 0.15) is 46.0 Å². The van der Waals surface area contributed by atoms with Gasteiger partial charge in [0.05, 0.1) is 18.7 Å². The highest BCUT2D eigenvalue weighted by atomic mass is 32.2. The van der Waals surface area contributed by atoms with Gasteiger partial charge in [-0.15, -0.1) is 0 Å². The number of carboxylic acids is 1. The number of carbonyl (C=O) groups is 6. The number of amides is 5. The Balaban J connectivity index is 2.83. The molecule has 0 bridgehead atoms. The van der Waals surface area contributed by atoms with E-state index in [2.05, 4.69) is 16.0 Å². The number of thioether (sulfide) groups is 1. The van der Waals surface area contributed by atoms with Gasteiger partial charge in [0.15, 0.2) is 0 Å². The van der Waals surface area contributed by atoms with E-state index in [9.17, 15) is 39.0 Å². The summed E-state index contributed by atoms with van der Waals surface area (Å²) in [6.45, 7) is 3.05. The number of carboxylic acid groups (broad SMARTS) is 1. The van der Waals surface area contributed by atoms with Gasteiger partial charge < -0.3 is 42.5 Å². The first-order valence-corrected chi connectivity index (χ1v) is 13.8. The monoisotopic (exact) mass is 560 g/mol. The lowest BCUT2D eigenvalue weighted by molar-refractivity contribution is -0.149. The molecule has 216 valence electrons. The van der Waals surface area contributed by atoms with E-state index in [0.29, 0.717) is 12.2 Å². The lowest BCUT2D eigenvalue weighted by atomic mass is 10.0. The van der Waals surface area contributed by atoms with Crippen LogP contribution in [0.2, 0.25) is 0 Å². The summed E-state index contributed by atoms with van der Waals surface area (Å²) in [4.78, 5) is 74.6. The fraction of sp³-hybridized carbons (Fsp3) is 0.739. The predicted molar refractivity (Wildman–Crippen MR) is 139 cm³/mol. The highest BCUT2D eigenvalue weighted by molar-refractivity contribution is 7.98. The number of likely N-dealkylation sites (tertiary alicyclic amines) is 1. The second-order valence-electron chi connectivity index (χ2n) is 9.66. The molecule has 1 aliphatic heterocycles. The van der Waals surface area contributed by atoms with Gasteiger partial charge in [-0.05, 0) is 37.2 Å². The Bertz CT molecular complexity index is 873. The molecule has 5 atom stereocenters. The van der Waals surface area contributed by atoms with Gasteiger partial charge in [0.1, 0.15) is 18.1 Å². The summed E-state index contributed by atoms with van der Waals surface area (Å²) in [5, 5.41) is 26.6. The molecule has 0 aliphatic carbocycles. The van der Waals surface area contributed by atoms with Crippen LogP contribution in [0.15, 0.2) is 0 Å². The summed E-state index contributed by atoms with van der Waals surface area (Å²) in [7, 11) is 0. The quantitative estimate of drug-likeness (QED) is 0.105. The van der Waals surface area contributed by atoms with E-state index in [1.807, 2.05) is 13.8 Å². The van der Waals surface area contributed by atoms with Crippen molar-refractivity contribution in [1.82, 2.24) is 20.9 Å². The van der Waals surface area contributed by atoms with Crippen molar-refractivity contribution in [3.8, 4) is 0 Å². The maximum atomic E-state index is 13.0. The van der Waals surface area contributed by atoms with Crippen LogP contribution in [-0.4, -0.2) is 106 Å². The average Bonchev–Trinajstić information content (AvgIpc) is 3.23. The lowest BCUT2D eigenvalue weighted by Crippen LogP contribution is -2.55. The Morgan fingerprint density at radius 2 is 1.71 bits per heavy atom. The standard InChI is InChI=1S/C23H40N6O8S/c1-12(2)8-14(24)20(33)28-15(4-5-18(25)31)21(34)26-10-19(32)27-16(6-7-38-3)22(35)29-11-13(30)9-17(29)23(36)37/h12-17,30H,4-11,24H2,1-3H3,(H2,25,31)(H,26,34)(H,27,32)(H,28,33)(H,36,37)/t13?,14-,15-,16-,17-/m0/s1. The number of hydrogen-bond acceptors (Lipinski definition) is 9. The van der Waals surface area contributed by atoms with Crippen molar-refractivity contribution in [2.75, 3.05) is 25.1 Å². The summed E-state index contributed by atoms with van der Waals surface area (Å²) in [6, 6.07) is -4.32. The van der Waals surface area contributed by atoms with Crippen molar-refractivity contribution in [2.24, 2.45) is 17.4 Å². The number of nitrogens with zero attached hydrogens (tertiary/aromatic N) is 1. The SMILES string of the molecule is CSCC[C@H](NC(=O)CNC(=O)[C@H](CCC(N)=O)NC(=O)[C@@H](N)CC(C)C)C(=O)N1CC(O)C[C@H]1C(=O)O. The predicted octanol–water partition coefficient (Wildman–Crippen LogP) is -2.49. The molecule has 0 aromatic heterocycles. The van der Waals surface area contributed by atoms with Gasteiger partial charge in [0, 0.05) is 19.4 Å². The highest BCUT2D eigenvalue weighted by Gasteiger charge is 2.41. The maximum absolute atomic E-state index is 13.0. The molecule has 0 spiro atoms. The highest BCUT2D eigenvalue weighted by Crippen LogP contribution is 2.20. The number of rotatable bonds is 16. The minimum Gasteiger partial charge on any atom is -0.480 e. The van der Waals surface area contributed by atoms with Gasteiger partial charge in [-0.25, -0.2) is 4.79 Å². The first kappa shape index (κ1) is 33.1. The average molecular weight is 561 g/mol. The minimum atomic E-state index is -1.26.